The van der Waals surface area contributed by atoms with Crippen molar-refractivity contribution in [3.63, 3.8) is 0 Å². The third kappa shape index (κ3) is 8.86. The van der Waals surface area contributed by atoms with Gasteiger partial charge in [-0.25, -0.2) is 0 Å². The van der Waals surface area contributed by atoms with Crippen LogP contribution in [-0.4, -0.2) is 19.6 Å². The zero-order valence-corrected chi connectivity index (χ0v) is 14.6. The lowest BCUT2D eigenvalue weighted by molar-refractivity contribution is 0.587. The quantitative estimate of drug-likeness (QED) is 0.707. The molecule has 0 amide bonds. The van der Waals surface area contributed by atoms with Gasteiger partial charge in [0, 0.05) is 19.6 Å². The molecule has 0 aliphatic heterocycles. The lowest BCUT2D eigenvalue weighted by atomic mass is 9.84. The first-order valence-corrected chi connectivity index (χ1v) is 8.13. The van der Waals surface area contributed by atoms with Gasteiger partial charge >= 0.3 is 0 Å². The van der Waals surface area contributed by atoms with Gasteiger partial charge in [-0.05, 0) is 41.5 Å². The Morgan fingerprint density at radius 2 is 1.52 bits per heavy atom. The van der Waals surface area contributed by atoms with Crippen LogP contribution in [0.1, 0.15) is 57.7 Å². The Morgan fingerprint density at radius 3 is 1.95 bits per heavy atom. The summed E-state index contributed by atoms with van der Waals surface area (Å²) < 4.78 is 0. The van der Waals surface area contributed by atoms with Crippen molar-refractivity contribution in [2.75, 3.05) is 19.6 Å². The number of nitrogens with one attached hydrogen (secondary N) is 1. The molecule has 0 atom stereocenters. The van der Waals surface area contributed by atoms with Crippen LogP contribution in [0, 0.1) is 0 Å². The predicted octanol–water partition coefficient (Wildman–Crippen LogP) is 2.95. The van der Waals surface area contributed by atoms with Crippen LogP contribution in [0.5, 0.6) is 0 Å². The molecule has 0 bridgehead atoms. The zero-order chi connectivity index (χ0) is 16.3. The van der Waals surface area contributed by atoms with Gasteiger partial charge in [0.25, 0.3) is 0 Å². The average Bonchev–Trinajstić information content (AvgIpc) is 2.46. The molecule has 0 unspecified atom stereocenters. The van der Waals surface area contributed by atoms with E-state index >= 15 is 0 Å². The van der Waals surface area contributed by atoms with E-state index in [9.17, 15) is 0 Å². The summed E-state index contributed by atoms with van der Waals surface area (Å²) in [4.78, 5) is 0. The van der Waals surface area contributed by atoms with E-state index in [1.165, 1.54) is 16.7 Å². The molecule has 0 fully saturated rings. The van der Waals surface area contributed by atoms with Crippen molar-refractivity contribution in [2.45, 2.75) is 59.4 Å². The molecule has 0 spiro atoms. The van der Waals surface area contributed by atoms with Crippen molar-refractivity contribution >= 4 is 0 Å². The first kappa shape index (κ1) is 20.1. The average molecular weight is 293 g/mol. The van der Waals surface area contributed by atoms with E-state index in [1.54, 1.807) is 0 Å². The van der Waals surface area contributed by atoms with Crippen LogP contribution in [-0.2, 0) is 18.4 Å². The fourth-order valence-electron chi connectivity index (χ4n) is 1.84. The number of hydrogen-bond donors (Lipinski definition) is 3. The van der Waals surface area contributed by atoms with Crippen LogP contribution in [0.2, 0.25) is 0 Å². The molecule has 3 nitrogen and oxygen atoms in total. The van der Waals surface area contributed by atoms with Crippen LogP contribution in [0.4, 0.5) is 0 Å². The van der Waals surface area contributed by atoms with Gasteiger partial charge < -0.3 is 16.8 Å². The lowest BCUT2D eigenvalue weighted by Gasteiger charge is -2.21. The molecule has 0 radical (unpaired) electrons. The molecule has 1 rings (SSSR count). The number of aryl methyl sites for hydroxylation is 1. The third-order valence-corrected chi connectivity index (χ3v) is 3.27. The minimum Gasteiger partial charge on any atom is -0.330 e. The summed E-state index contributed by atoms with van der Waals surface area (Å²) in [6.07, 6.45) is 2.19. The molecule has 1 aromatic carbocycles. The Balaban J connectivity index is 0.000000885. The SMILES string of the molecule is CCCN.CCc1cc(CNCCN)cc(C(C)(C)C)c1. The molecule has 122 valence electrons. The van der Waals surface area contributed by atoms with E-state index in [0.717, 1.165) is 32.5 Å². The first-order valence-electron chi connectivity index (χ1n) is 8.13. The van der Waals surface area contributed by atoms with Gasteiger partial charge in [-0.2, -0.15) is 0 Å². The molecule has 1 aromatic rings. The minimum absolute atomic E-state index is 0.216. The maximum Gasteiger partial charge on any atom is 0.0206 e. The van der Waals surface area contributed by atoms with Crippen LogP contribution >= 0.6 is 0 Å². The topological polar surface area (TPSA) is 64.1 Å². The Morgan fingerprint density at radius 1 is 0.952 bits per heavy atom. The molecule has 21 heavy (non-hydrogen) atoms. The third-order valence-electron chi connectivity index (χ3n) is 3.27. The molecule has 0 saturated heterocycles. The van der Waals surface area contributed by atoms with E-state index in [0.29, 0.717) is 6.54 Å². The van der Waals surface area contributed by atoms with Crippen molar-refractivity contribution < 1.29 is 0 Å². The number of hydrogen-bond acceptors (Lipinski definition) is 3. The van der Waals surface area contributed by atoms with Crippen LogP contribution in [0.15, 0.2) is 18.2 Å². The Labute approximate surface area is 131 Å². The van der Waals surface area contributed by atoms with Gasteiger partial charge in [0.2, 0.25) is 0 Å². The molecule has 0 aromatic heterocycles. The maximum atomic E-state index is 5.49. The molecule has 0 heterocycles. The van der Waals surface area contributed by atoms with Crippen LogP contribution in [0.25, 0.3) is 0 Å². The predicted molar refractivity (Wildman–Crippen MR) is 94.6 cm³/mol. The van der Waals surface area contributed by atoms with Crippen LogP contribution in [0.3, 0.4) is 0 Å². The second-order valence-electron chi connectivity index (χ2n) is 6.40. The number of rotatable bonds is 6. The van der Waals surface area contributed by atoms with Crippen molar-refractivity contribution in [1.29, 1.82) is 0 Å². The monoisotopic (exact) mass is 293 g/mol. The van der Waals surface area contributed by atoms with Gasteiger partial charge in [-0.1, -0.05) is 52.8 Å². The van der Waals surface area contributed by atoms with Crippen LogP contribution < -0.4 is 16.8 Å². The van der Waals surface area contributed by atoms with Crippen molar-refractivity contribution in [2.24, 2.45) is 11.5 Å². The number of nitrogens with two attached hydrogens (primary N) is 2. The Bertz CT molecular complexity index is 379. The Kier molecular flexibility index (Phi) is 10.3. The fourth-order valence-corrected chi connectivity index (χ4v) is 1.84. The van der Waals surface area contributed by atoms with E-state index in [2.05, 4.69) is 58.1 Å². The second kappa shape index (κ2) is 10.8. The largest absolute Gasteiger partial charge is 0.330 e. The molecular formula is C18H35N3. The summed E-state index contributed by atoms with van der Waals surface area (Å²) in [7, 11) is 0. The van der Waals surface area contributed by atoms with Crippen molar-refractivity contribution in [1.82, 2.24) is 5.32 Å². The van der Waals surface area contributed by atoms with Gasteiger partial charge in [-0.15, -0.1) is 0 Å². The van der Waals surface area contributed by atoms with E-state index in [-0.39, 0.29) is 5.41 Å². The van der Waals surface area contributed by atoms with Gasteiger partial charge in [0.1, 0.15) is 0 Å². The smallest absolute Gasteiger partial charge is 0.0206 e. The summed E-state index contributed by atoms with van der Waals surface area (Å²) in [5, 5.41) is 3.36. The van der Waals surface area contributed by atoms with E-state index < -0.39 is 0 Å². The van der Waals surface area contributed by atoms with E-state index in [1.807, 2.05) is 0 Å². The molecular weight excluding hydrogens is 258 g/mol. The summed E-state index contributed by atoms with van der Waals surface area (Å²) >= 11 is 0. The van der Waals surface area contributed by atoms with E-state index in [4.69, 9.17) is 11.5 Å². The molecule has 3 heteroatoms. The fraction of sp³-hybridized carbons (Fsp3) is 0.667. The number of benzene rings is 1. The highest BCUT2D eigenvalue weighted by atomic mass is 14.9. The minimum atomic E-state index is 0.216. The molecule has 5 N–H and O–H groups in total. The summed E-state index contributed by atoms with van der Waals surface area (Å²) in [6, 6.07) is 6.92. The highest BCUT2D eigenvalue weighted by Crippen LogP contribution is 2.24. The standard InChI is InChI=1S/C15H26N2.C3H9N/c1-5-12-8-13(11-17-7-6-16)10-14(9-12)15(2,3)4;1-2-3-4/h8-10,17H,5-7,11,16H2,1-4H3;2-4H2,1H3. The van der Waals surface area contributed by atoms with Crippen molar-refractivity contribution in [3.05, 3.63) is 34.9 Å². The highest BCUT2D eigenvalue weighted by molar-refractivity contribution is 5.34. The second-order valence-corrected chi connectivity index (χ2v) is 6.40. The normalized spacial score (nSPS) is 11.0. The summed E-state index contributed by atoms with van der Waals surface area (Å²) in [6.45, 7) is 14.4. The summed E-state index contributed by atoms with van der Waals surface area (Å²) in [5.41, 5.74) is 14.9. The molecule has 0 aliphatic carbocycles. The lowest BCUT2D eigenvalue weighted by Crippen LogP contribution is -2.22. The molecule has 0 saturated carbocycles. The Hall–Kier alpha value is -0.900. The zero-order valence-electron chi connectivity index (χ0n) is 14.6. The maximum absolute atomic E-state index is 5.49. The van der Waals surface area contributed by atoms with Gasteiger partial charge in [0.15, 0.2) is 0 Å². The van der Waals surface area contributed by atoms with Crippen molar-refractivity contribution in [3.8, 4) is 0 Å². The highest BCUT2D eigenvalue weighted by Gasteiger charge is 2.14. The summed E-state index contributed by atoms with van der Waals surface area (Å²) in [5.74, 6) is 0. The van der Waals surface area contributed by atoms with Gasteiger partial charge in [0.05, 0.1) is 0 Å². The molecule has 0 aliphatic rings. The first-order chi connectivity index (χ1) is 9.88. The van der Waals surface area contributed by atoms with Gasteiger partial charge in [-0.3, -0.25) is 0 Å².